The first-order valence-electron chi connectivity index (χ1n) is 7.89. The molecule has 0 saturated heterocycles. The van der Waals surface area contributed by atoms with E-state index in [1.807, 2.05) is 69.3 Å². The Morgan fingerprint density at radius 1 is 1.17 bits per heavy atom. The number of rotatable bonds is 3. The monoisotopic (exact) mass is 311 g/mol. The molecule has 1 aliphatic rings. The normalized spacial score (nSPS) is 16.7. The van der Waals surface area contributed by atoms with Gasteiger partial charge in [0.05, 0.1) is 18.3 Å². The molecule has 23 heavy (non-hydrogen) atoms. The smallest absolute Gasteiger partial charge is 0.258 e. The lowest BCUT2D eigenvalue weighted by molar-refractivity contribution is 0.0961. The van der Waals surface area contributed by atoms with Gasteiger partial charge in [0.2, 0.25) is 0 Å². The van der Waals surface area contributed by atoms with Gasteiger partial charge in [-0.1, -0.05) is 12.1 Å². The predicted octanol–water partition coefficient (Wildman–Crippen LogP) is 3.90. The molecule has 4 nitrogen and oxygen atoms in total. The second kappa shape index (κ2) is 6.32. The number of nitrogens with zero attached hydrogens (tertiary/aromatic N) is 1. The number of carbonyl (C=O) groups is 1. The first-order valence-corrected chi connectivity index (χ1v) is 7.89. The van der Waals surface area contributed by atoms with Crippen molar-refractivity contribution in [1.82, 2.24) is 0 Å². The Hall–Kier alpha value is -2.49. The quantitative estimate of drug-likeness (QED) is 0.863. The highest BCUT2D eigenvalue weighted by atomic mass is 16.5. The highest BCUT2D eigenvalue weighted by Crippen LogP contribution is 2.34. The van der Waals surface area contributed by atoms with Crippen LogP contribution in [0.25, 0.3) is 0 Å². The number of hydrogen-bond acceptors (Lipinski definition) is 3. The van der Waals surface area contributed by atoms with Gasteiger partial charge in [-0.3, -0.25) is 4.79 Å². The van der Waals surface area contributed by atoms with Crippen molar-refractivity contribution >= 4 is 11.6 Å². The van der Waals surface area contributed by atoms with Crippen LogP contribution in [-0.2, 0) is 0 Å². The Balaban J connectivity index is 1.85. The number of ether oxygens (including phenoxy) is 2. The van der Waals surface area contributed by atoms with Gasteiger partial charge in [-0.05, 0) is 57.2 Å². The summed E-state index contributed by atoms with van der Waals surface area (Å²) in [6.45, 7) is 6.46. The third kappa shape index (κ3) is 3.31. The Labute approximate surface area is 136 Å². The fourth-order valence-electron chi connectivity index (χ4n) is 2.69. The molecule has 0 aliphatic carbocycles. The fourth-order valence-corrected chi connectivity index (χ4v) is 2.69. The third-order valence-corrected chi connectivity index (χ3v) is 3.64. The lowest BCUT2D eigenvalue weighted by atomic mass is 10.1. The molecule has 0 unspecified atom stereocenters. The molecule has 3 rings (SSSR count). The molecule has 0 N–H and O–H groups in total. The van der Waals surface area contributed by atoms with Crippen molar-refractivity contribution in [2.75, 3.05) is 11.4 Å². The summed E-state index contributed by atoms with van der Waals surface area (Å²) in [5, 5.41) is 0. The largest absolute Gasteiger partial charge is 0.491 e. The van der Waals surface area contributed by atoms with E-state index in [1.165, 1.54) is 0 Å². The average Bonchev–Trinajstić information content (AvgIpc) is 2.53. The van der Waals surface area contributed by atoms with Crippen LogP contribution in [-0.4, -0.2) is 24.7 Å². The zero-order valence-corrected chi connectivity index (χ0v) is 13.7. The van der Waals surface area contributed by atoms with Crippen molar-refractivity contribution in [3.8, 4) is 11.5 Å². The van der Waals surface area contributed by atoms with E-state index < -0.39 is 0 Å². The minimum atomic E-state index is -0.0302. The first kappa shape index (κ1) is 15.4. The van der Waals surface area contributed by atoms with Crippen LogP contribution in [0.1, 0.15) is 31.1 Å². The molecule has 120 valence electrons. The zero-order chi connectivity index (χ0) is 16.4. The molecule has 0 aromatic heterocycles. The Morgan fingerprint density at radius 3 is 2.57 bits per heavy atom. The van der Waals surface area contributed by atoms with Crippen molar-refractivity contribution in [1.29, 1.82) is 0 Å². The molecule has 1 aliphatic heterocycles. The molecular formula is C19H21NO3. The molecule has 1 atom stereocenters. The second-order valence-corrected chi connectivity index (χ2v) is 6.00. The van der Waals surface area contributed by atoms with E-state index in [0.29, 0.717) is 12.1 Å². The maximum Gasteiger partial charge on any atom is 0.258 e. The van der Waals surface area contributed by atoms with Gasteiger partial charge in [-0.15, -0.1) is 0 Å². The van der Waals surface area contributed by atoms with E-state index in [2.05, 4.69) is 0 Å². The Morgan fingerprint density at radius 2 is 1.87 bits per heavy atom. The lowest BCUT2D eigenvalue weighted by Gasteiger charge is -2.33. The van der Waals surface area contributed by atoms with Crippen LogP contribution in [0.5, 0.6) is 11.5 Å². The summed E-state index contributed by atoms with van der Waals surface area (Å²) in [5.41, 5.74) is 1.46. The van der Waals surface area contributed by atoms with Gasteiger partial charge in [-0.2, -0.15) is 0 Å². The van der Waals surface area contributed by atoms with Crippen LogP contribution in [0.2, 0.25) is 0 Å². The van der Waals surface area contributed by atoms with E-state index in [0.717, 1.165) is 17.2 Å². The first-order chi connectivity index (χ1) is 11.0. The topological polar surface area (TPSA) is 38.8 Å². The maximum atomic E-state index is 12.9. The molecule has 1 heterocycles. The summed E-state index contributed by atoms with van der Waals surface area (Å²) in [6, 6.07) is 14.9. The zero-order valence-electron chi connectivity index (χ0n) is 13.7. The summed E-state index contributed by atoms with van der Waals surface area (Å²) >= 11 is 0. The van der Waals surface area contributed by atoms with Gasteiger partial charge >= 0.3 is 0 Å². The van der Waals surface area contributed by atoms with E-state index in [9.17, 15) is 4.79 Å². The number of anilines is 1. The molecule has 4 heteroatoms. The van der Waals surface area contributed by atoms with Crippen molar-refractivity contribution in [2.45, 2.75) is 33.0 Å². The summed E-state index contributed by atoms with van der Waals surface area (Å²) in [7, 11) is 0. The van der Waals surface area contributed by atoms with Gasteiger partial charge in [0.15, 0.2) is 0 Å². The van der Waals surface area contributed by atoms with Gasteiger partial charge in [-0.25, -0.2) is 0 Å². The number of hydrogen-bond donors (Lipinski definition) is 0. The standard InChI is InChI=1S/C19H21NO3/c1-13(2)22-16-10-8-15(9-11-16)19(21)20-12-14(3)23-18-7-5-4-6-17(18)20/h4-11,13-14H,12H2,1-3H3/t14-/m0/s1. The lowest BCUT2D eigenvalue weighted by Crippen LogP contribution is -2.42. The average molecular weight is 311 g/mol. The number of amides is 1. The molecule has 0 fully saturated rings. The van der Waals surface area contributed by atoms with Crippen molar-refractivity contribution in [3.63, 3.8) is 0 Å². The minimum absolute atomic E-state index is 0.0244. The number of para-hydroxylation sites is 2. The third-order valence-electron chi connectivity index (χ3n) is 3.64. The van der Waals surface area contributed by atoms with Gasteiger partial charge in [0, 0.05) is 5.56 Å². The molecule has 0 saturated carbocycles. The van der Waals surface area contributed by atoms with Crippen LogP contribution in [0.3, 0.4) is 0 Å². The van der Waals surface area contributed by atoms with Crippen LogP contribution in [0.4, 0.5) is 5.69 Å². The highest BCUT2D eigenvalue weighted by molar-refractivity contribution is 6.07. The maximum absolute atomic E-state index is 12.9. The number of fused-ring (bicyclic) bond motifs is 1. The summed E-state index contributed by atoms with van der Waals surface area (Å²) in [4.78, 5) is 14.7. The van der Waals surface area contributed by atoms with E-state index >= 15 is 0 Å². The van der Waals surface area contributed by atoms with E-state index in [1.54, 1.807) is 4.90 Å². The van der Waals surface area contributed by atoms with Gasteiger partial charge < -0.3 is 14.4 Å². The van der Waals surface area contributed by atoms with E-state index in [-0.39, 0.29) is 18.1 Å². The van der Waals surface area contributed by atoms with Gasteiger partial charge in [0.25, 0.3) is 5.91 Å². The number of benzene rings is 2. The molecule has 2 aromatic carbocycles. The fraction of sp³-hybridized carbons (Fsp3) is 0.316. The number of carbonyl (C=O) groups excluding carboxylic acids is 1. The summed E-state index contributed by atoms with van der Waals surface area (Å²) in [5.74, 6) is 1.50. The van der Waals surface area contributed by atoms with Crippen LogP contribution in [0, 0.1) is 0 Å². The van der Waals surface area contributed by atoms with Crippen molar-refractivity contribution in [2.24, 2.45) is 0 Å². The predicted molar refractivity (Wildman–Crippen MR) is 90.4 cm³/mol. The Bertz CT molecular complexity index is 694. The van der Waals surface area contributed by atoms with Crippen LogP contribution >= 0.6 is 0 Å². The van der Waals surface area contributed by atoms with Crippen molar-refractivity contribution in [3.05, 3.63) is 54.1 Å². The molecule has 1 amide bonds. The van der Waals surface area contributed by atoms with Gasteiger partial charge in [0.1, 0.15) is 17.6 Å². The molecular weight excluding hydrogens is 290 g/mol. The Kier molecular flexibility index (Phi) is 4.24. The van der Waals surface area contributed by atoms with E-state index in [4.69, 9.17) is 9.47 Å². The molecule has 0 radical (unpaired) electrons. The highest BCUT2D eigenvalue weighted by Gasteiger charge is 2.27. The second-order valence-electron chi connectivity index (χ2n) is 6.00. The van der Waals surface area contributed by atoms with Crippen molar-refractivity contribution < 1.29 is 14.3 Å². The molecule has 2 aromatic rings. The van der Waals surface area contributed by atoms with Crippen LogP contribution in [0.15, 0.2) is 48.5 Å². The SMILES string of the molecule is CC(C)Oc1ccc(C(=O)N2C[C@H](C)Oc3ccccc32)cc1. The summed E-state index contributed by atoms with van der Waals surface area (Å²) < 4.78 is 11.4. The minimum Gasteiger partial charge on any atom is -0.491 e. The summed E-state index contributed by atoms with van der Waals surface area (Å²) in [6.07, 6.45) is 0.0842. The van der Waals surface area contributed by atoms with Crippen LogP contribution < -0.4 is 14.4 Å². The molecule has 0 spiro atoms. The molecule has 0 bridgehead atoms.